The molecule has 2 amide bonds. The maximum atomic E-state index is 12.4. The van der Waals surface area contributed by atoms with Crippen LogP contribution in [0.1, 0.15) is 46.0 Å². The Bertz CT molecular complexity index is 346. The van der Waals surface area contributed by atoms with E-state index in [-0.39, 0.29) is 42.1 Å². The molecule has 6 heteroatoms. The lowest BCUT2D eigenvalue weighted by atomic mass is 9.75. The molecular weight excluding hydrogens is 302 g/mol. The fourth-order valence-electron chi connectivity index (χ4n) is 3.91. The highest BCUT2D eigenvalue weighted by molar-refractivity contribution is 5.85. The van der Waals surface area contributed by atoms with Crippen LogP contribution >= 0.6 is 12.4 Å². The van der Waals surface area contributed by atoms with Gasteiger partial charge in [-0.2, -0.15) is 0 Å². The number of nitrogens with one attached hydrogen (secondary N) is 2. The first-order chi connectivity index (χ1) is 10.2. The molecule has 2 unspecified atom stereocenters. The molecule has 1 saturated carbocycles. The summed E-state index contributed by atoms with van der Waals surface area (Å²) in [5.74, 6) is 0.181. The lowest BCUT2D eigenvalue weighted by Gasteiger charge is -2.42. The quantitative estimate of drug-likeness (QED) is 0.803. The molecule has 22 heavy (non-hydrogen) atoms. The van der Waals surface area contributed by atoms with Crippen molar-refractivity contribution in [3.05, 3.63) is 0 Å². The number of nitrogens with zero attached hydrogens (tertiary/aromatic N) is 1. The highest BCUT2D eigenvalue weighted by Crippen LogP contribution is 2.35. The fraction of sp³-hybridized carbons (Fsp3) is 0.875. The zero-order valence-electron chi connectivity index (χ0n) is 13.8. The predicted molar refractivity (Wildman–Crippen MR) is 90.0 cm³/mol. The summed E-state index contributed by atoms with van der Waals surface area (Å²) < 4.78 is 0. The third-order valence-corrected chi connectivity index (χ3v) is 4.79. The molecule has 2 aliphatic rings. The number of carbonyl (C=O) groups is 2. The number of rotatable bonds is 5. The number of carbonyl (C=O) groups excluding carboxylic acids is 2. The van der Waals surface area contributed by atoms with Gasteiger partial charge in [0.2, 0.25) is 11.8 Å². The summed E-state index contributed by atoms with van der Waals surface area (Å²) in [6.45, 7) is 7.27. The Morgan fingerprint density at radius 1 is 0.909 bits per heavy atom. The van der Waals surface area contributed by atoms with Gasteiger partial charge in [-0.15, -0.1) is 12.4 Å². The zero-order valence-corrected chi connectivity index (χ0v) is 14.6. The second-order valence-electron chi connectivity index (χ2n) is 6.17. The summed E-state index contributed by atoms with van der Waals surface area (Å²) in [6, 6.07) is 0.0827. The molecule has 1 aliphatic carbocycles. The minimum Gasteiger partial charge on any atom is -0.356 e. The van der Waals surface area contributed by atoms with Crippen LogP contribution in [0.25, 0.3) is 0 Å². The van der Waals surface area contributed by atoms with Crippen molar-refractivity contribution in [2.75, 3.05) is 26.2 Å². The van der Waals surface area contributed by atoms with E-state index in [2.05, 4.69) is 15.5 Å². The van der Waals surface area contributed by atoms with Crippen molar-refractivity contribution in [1.82, 2.24) is 15.5 Å². The van der Waals surface area contributed by atoms with Crippen molar-refractivity contribution in [1.29, 1.82) is 0 Å². The van der Waals surface area contributed by atoms with Gasteiger partial charge in [-0.1, -0.05) is 6.42 Å². The topological polar surface area (TPSA) is 61.4 Å². The van der Waals surface area contributed by atoms with Crippen molar-refractivity contribution < 1.29 is 9.59 Å². The lowest BCUT2D eigenvalue weighted by molar-refractivity contribution is -0.135. The standard InChI is InChI=1S/C16H29N3O2.ClH/c1-3-17-15(20)12-8-7-9-13(16(21)18-4-2)14(12)19-10-5-6-11-19;/h12-14H,3-11H2,1-2H3,(H,17,20)(H,18,21);1H. The maximum Gasteiger partial charge on any atom is 0.224 e. The molecule has 2 N–H and O–H groups in total. The van der Waals surface area contributed by atoms with E-state index in [0.717, 1.165) is 32.4 Å². The lowest BCUT2D eigenvalue weighted by Crippen LogP contribution is -2.55. The van der Waals surface area contributed by atoms with Gasteiger partial charge < -0.3 is 10.6 Å². The Labute approximate surface area is 140 Å². The van der Waals surface area contributed by atoms with E-state index in [1.165, 1.54) is 12.8 Å². The van der Waals surface area contributed by atoms with Gasteiger partial charge in [0.15, 0.2) is 0 Å². The maximum absolute atomic E-state index is 12.4. The summed E-state index contributed by atoms with van der Waals surface area (Å²) in [6.07, 6.45) is 5.14. The van der Waals surface area contributed by atoms with E-state index in [1.54, 1.807) is 0 Å². The monoisotopic (exact) mass is 331 g/mol. The molecule has 2 rings (SSSR count). The Balaban J connectivity index is 0.00000242. The molecule has 0 spiro atoms. The van der Waals surface area contributed by atoms with Crippen LogP contribution < -0.4 is 10.6 Å². The van der Waals surface area contributed by atoms with Crippen LogP contribution in [0, 0.1) is 11.8 Å². The summed E-state index contributed by atoms with van der Waals surface area (Å²) in [5.41, 5.74) is 0. The number of hydrogen-bond donors (Lipinski definition) is 2. The normalized spacial score (nSPS) is 28.7. The first-order valence-corrected chi connectivity index (χ1v) is 8.48. The highest BCUT2D eigenvalue weighted by Gasteiger charge is 2.44. The van der Waals surface area contributed by atoms with E-state index in [9.17, 15) is 9.59 Å². The Kier molecular flexibility index (Phi) is 8.18. The van der Waals surface area contributed by atoms with E-state index < -0.39 is 0 Å². The molecule has 0 bridgehead atoms. The second kappa shape index (κ2) is 9.36. The Morgan fingerprint density at radius 3 is 1.77 bits per heavy atom. The van der Waals surface area contributed by atoms with Crippen LogP contribution in [0.4, 0.5) is 0 Å². The van der Waals surface area contributed by atoms with E-state index in [0.29, 0.717) is 13.1 Å². The molecular formula is C16H30ClN3O2. The average Bonchev–Trinajstić information content (AvgIpc) is 3.01. The number of hydrogen-bond acceptors (Lipinski definition) is 3. The largest absolute Gasteiger partial charge is 0.356 e. The molecule has 0 aromatic heterocycles. The molecule has 1 heterocycles. The molecule has 0 aromatic rings. The number of halogens is 1. The van der Waals surface area contributed by atoms with E-state index in [4.69, 9.17) is 0 Å². The van der Waals surface area contributed by atoms with Crippen LogP contribution in [0.3, 0.4) is 0 Å². The molecule has 0 radical (unpaired) electrons. The van der Waals surface area contributed by atoms with Gasteiger partial charge in [0.25, 0.3) is 0 Å². The molecule has 2 fully saturated rings. The van der Waals surface area contributed by atoms with Crippen LogP contribution in [-0.2, 0) is 9.59 Å². The third-order valence-electron chi connectivity index (χ3n) is 4.79. The van der Waals surface area contributed by atoms with Gasteiger partial charge in [0, 0.05) is 19.1 Å². The van der Waals surface area contributed by atoms with Crippen molar-refractivity contribution in [2.45, 2.75) is 52.0 Å². The van der Waals surface area contributed by atoms with Crippen molar-refractivity contribution in [3.63, 3.8) is 0 Å². The van der Waals surface area contributed by atoms with Gasteiger partial charge in [-0.25, -0.2) is 0 Å². The van der Waals surface area contributed by atoms with E-state index >= 15 is 0 Å². The average molecular weight is 332 g/mol. The molecule has 2 atom stereocenters. The zero-order chi connectivity index (χ0) is 15.2. The first kappa shape index (κ1) is 19.2. The van der Waals surface area contributed by atoms with Crippen LogP contribution in [0.5, 0.6) is 0 Å². The molecule has 0 aromatic carbocycles. The molecule has 5 nitrogen and oxygen atoms in total. The van der Waals surface area contributed by atoms with Crippen LogP contribution in [-0.4, -0.2) is 48.9 Å². The van der Waals surface area contributed by atoms with E-state index in [1.807, 2.05) is 13.8 Å². The number of amides is 2. The Morgan fingerprint density at radius 2 is 1.36 bits per heavy atom. The number of likely N-dealkylation sites (tertiary alicyclic amines) is 1. The van der Waals surface area contributed by atoms with Gasteiger partial charge in [-0.05, 0) is 52.6 Å². The summed E-state index contributed by atoms with van der Waals surface area (Å²) in [5, 5.41) is 5.93. The van der Waals surface area contributed by atoms with Crippen LogP contribution in [0.15, 0.2) is 0 Å². The smallest absolute Gasteiger partial charge is 0.224 e. The van der Waals surface area contributed by atoms with Gasteiger partial charge in [0.05, 0.1) is 11.8 Å². The molecule has 1 saturated heterocycles. The third kappa shape index (κ3) is 4.35. The summed E-state index contributed by atoms with van der Waals surface area (Å²) >= 11 is 0. The van der Waals surface area contributed by atoms with Crippen molar-refractivity contribution >= 4 is 24.2 Å². The van der Waals surface area contributed by atoms with Crippen molar-refractivity contribution in [3.8, 4) is 0 Å². The van der Waals surface area contributed by atoms with Gasteiger partial charge >= 0.3 is 0 Å². The summed E-state index contributed by atoms with van der Waals surface area (Å²) in [4.78, 5) is 27.2. The van der Waals surface area contributed by atoms with Crippen molar-refractivity contribution in [2.24, 2.45) is 11.8 Å². The minimum atomic E-state index is -0.0376. The highest BCUT2D eigenvalue weighted by atomic mass is 35.5. The van der Waals surface area contributed by atoms with Gasteiger partial charge in [0.1, 0.15) is 0 Å². The molecule has 128 valence electrons. The molecule has 1 aliphatic heterocycles. The van der Waals surface area contributed by atoms with Crippen LogP contribution in [0.2, 0.25) is 0 Å². The second-order valence-corrected chi connectivity index (χ2v) is 6.17. The predicted octanol–water partition coefficient (Wildman–Crippen LogP) is 1.56. The first-order valence-electron chi connectivity index (χ1n) is 8.48. The van der Waals surface area contributed by atoms with Gasteiger partial charge in [-0.3, -0.25) is 14.5 Å². The Hall–Kier alpha value is -0.810. The summed E-state index contributed by atoms with van der Waals surface area (Å²) in [7, 11) is 0. The SMILES string of the molecule is CCNC(=O)C1CCCC(C(=O)NCC)C1N1CCCC1.Cl. The minimum absolute atomic E-state index is 0. The fourth-order valence-corrected chi connectivity index (χ4v) is 3.91.